The van der Waals surface area contributed by atoms with Crippen LogP contribution in [0.25, 0.3) is 11.4 Å². The van der Waals surface area contributed by atoms with Gasteiger partial charge in [0.15, 0.2) is 6.54 Å². The third-order valence-electron chi connectivity index (χ3n) is 2.11. The summed E-state index contributed by atoms with van der Waals surface area (Å²) in [6, 6.07) is 9.83. The first-order valence-electron chi connectivity index (χ1n) is 5.10. The highest BCUT2D eigenvalue weighted by atomic mass is 16.5. The minimum Gasteiger partial charge on any atom is -0.339 e. The van der Waals surface area contributed by atoms with Crippen molar-refractivity contribution in [1.29, 1.82) is 0 Å². The van der Waals surface area contributed by atoms with Crippen molar-refractivity contribution in [2.24, 2.45) is 0 Å². The molecule has 0 radical (unpaired) electrons. The lowest BCUT2D eigenvalue weighted by molar-refractivity contribution is -0.670. The number of rotatable bonds is 4. The van der Waals surface area contributed by atoms with Gasteiger partial charge in [-0.15, -0.1) is 0 Å². The second-order valence-electron chi connectivity index (χ2n) is 3.28. The van der Waals surface area contributed by atoms with Gasteiger partial charge in [0, 0.05) is 5.56 Å². The molecule has 0 spiro atoms. The Balaban J connectivity index is 2.14. The Morgan fingerprint density at radius 2 is 2.07 bits per heavy atom. The molecular weight excluding hydrogens is 190 g/mol. The van der Waals surface area contributed by atoms with E-state index in [4.69, 9.17) is 4.52 Å². The Hall–Kier alpha value is -1.68. The number of hydrogen-bond acceptors (Lipinski definition) is 3. The fraction of sp³-hybridized carbons (Fsp3) is 0.273. The van der Waals surface area contributed by atoms with Gasteiger partial charge in [0.1, 0.15) is 0 Å². The van der Waals surface area contributed by atoms with Crippen LogP contribution in [0.2, 0.25) is 0 Å². The van der Waals surface area contributed by atoms with E-state index in [9.17, 15) is 0 Å². The Morgan fingerprint density at radius 3 is 2.80 bits per heavy atom. The lowest BCUT2D eigenvalue weighted by Crippen LogP contribution is -2.81. The summed E-state index contributed by atoms with van der Waals surface area (Å²) in [5.41, 5.74) is 0.990. The van der Waals surface area contributed by atoms with Crippen LogP contribution in [-0.2, 0) is 6.54 Å². The van der Waals surface area contributed by atoms with Gasteiger partial charge >= 0.3 is 0 Å². The smallest absolute Gasteiger partial charge is 0.282 e. The van der Waals surface area contributed by atoms with Crippen LogP contribution in [0.1, 0.15) is 12.8 Å². The van der Waals surface area contributed by atoms with E-state index in [1.54, 1.807) is 0 Å². The van der Waals surface area contributed by atoms with E-state index < -0.39 is 0 Å². The van der Waals surface area contributed by atoms with Crippen molar-refractivity contribution in [2.45, 2.75) is 13.5 Å². The SMILES string of the molecule is CC[NH2+]Cc1nc(-c2ccccc2)no1. The van der Waals surface area contributed by atoms with Gasteiger partial charge in [-0.3, -0.25) is 0 Å². The van der Waals surface area contributed by atoms with E-state index >= 15 is 0 Å². The van der Waals surface area contributed by atoms with Crippen LogP contribution >= 0.6 is 0 Å². The third-order valence-corrected chi connectivity index (χ3v) is 2.11. The molecule has 15 heavy (non-hydrogen) atoms. The van der Waals surface area contributed by atoms with E-state index in [0.717, 1.165) is 18.7 Å². The molecular formula is C11H14N3O+. The molecule has 78 valence electrons. The number of aromatic nitrogens is 2. The maximum atomic E-state index is 5.13. The molecule has 0 saturated heterocycles. The molecule has 0 amide bonds. The lowest BCUT2D eigenvalue weighted by Gasteiger charge is -1.91. The van der Waals surface area contributed by atoms with Crippen molar-refractivity contribution in [3.8, 4) is 11.4 Å². The third kappa shape index (κ3) is 2.41. The fourth-order valence-electron chi connectivity index (χ4n) is 1.31. The second kappa shape index (κ2) is 4.70. The second-order valence-corrected chi connectivity index (χ2v) is 3.28. The molecule has 0 bridgehead atoms. The molecule has 1 aromatic heterocycles. The summed E-state index contributed by atoms with van der Waals surface area (Å²) in [6.45, 7) is 3.86. The van der Waals surface area contributed by atoms with Gasteiger partial charge < -0.3 is 9.84 Å². The minimum atomic E-state index is 0.662. The molecule has 0 saturated carbocycles. The Bertz CT molecular complexity index is 411. The predicted molar refractivity (Wildman–Crippen MR) is 55.9 cm³/mol. The molecule has 1 aromatic carbocycles. The Labute approximate surface area is 88.3 Å². The van der Waals surface area contributed by atoms with Crippen LogP contribution < -0.4 is 5.32 Å². The van der Waals surface area contributed by atoms with Crippen LogP contribution in [0.3, 0.4) is 0 Å². The van der Waals surface area contributed by atoms with Crippen LogP contribution in [-0.4, -0.2) is 16.7 Å². The van der Waals surface area contributed by atoms with Gasteiger partial charge in [-0.05, 0) is 6.92 Å². The highest BCUT2D eigenvalue weighted by Crippen LogP contribution is 2.13. The van der Waals surface area contributed by atoms with Gasteiger partial charge in [0.05, 0.1) is 6.54 Å². The number of nitrogens with two attached hydrogens (primary N) is 1. The van der Waals surface area contributed by atoms with E-state index in [-0.39, 0.29) is 0 Å². The summed E-state index contributed by atoms with van der Waals surface area (Å²) in [7, 11) is 0. The molecule has 0 atom stereocenters. The summed E-state index contributed by atoms with van der Waals surface area (Å²) >= 11 is 0. The molecule has 0 aliphatic carbocycles. The highest BCUT2D eigenvalue weighted by molar-refractivity contribution is 5.53. The van der Waals surface area contributed by atoms with Crippen LogP contribution in [0.15, 0.2) is 34.9 Å². The topological polar surface area (TPSA) is 55.5 Å². The van der Waals surface area contributed by atoms with Crippen molar-refractivity contribution in [1.82, 2.24) is 10.1 Å². The first-order chi connectivity index (χ1) is 7.40. The minimum absolute atomic E-state index is 0.662. The van der Waals surface area contributed by atoms with Gasteiger partial charge in [0.25, 0.3) is 5.89 Å². The average Bonchev–Trinajstić information content (AvgIpc) is 2.76. The molecule has 0 fully saturated rings. The zero-order valence-corrected chi connectivity index (χ0v) is 8.68. The van der Waals surface area contributed by atoms with Gasteiger partial charge in [-0.25, -0.2) is 0 Å². The standard InChI is InChI=1S/C11H13N3O/c1-2-12-8-10-13-11(14-15-10)9-6-4-3-5-7-9/h3-7,12H,2,8H2,1H3/p+1. The van der Waals surface area contributed by atoms with Crippen LogP contribution in [0.5, 0.6) is 0 Å². The molecule has 0 unspecified atom stereocenters. The zero-order chi connectivity index (χ0) is 10.5. The molecule has 1 heterocycles. The van der Waals surface area contributed by atoms with Crippen molar-refractivity contribution in [3.63, 3.8) is 0 Å². The molecule has 2 N–H and O–H groups in total. The summed E-state index contributed by atoms with van der Waals surface area (Å²) in [5.74, 6) is 1.34. The number of nitrogens with zero attached hydrogens (tertiary/aromatic N) is 2. The van der Waals surface area contributed by atoms with E-state index in [0.29, 0.717) is 11.7 Å². The normalized spacial score (nSPS) is 10.5. The predicted octanol–water partition coefficient (Wildman–Crippen LogP) is 0.820. The quantitative estimate of drug-likeness (QED) is 0.802. The Kier molecular flexibility index (Phi) is 3.09. The fourth-order valence-corrected chi connectivity index (χ4v) is 1.31. The average molecular weight is 204 g/mol. The molecule has 0 aliphatic heterocycles. The molecule has 4 nitrogen and oxygen atoms in total. The first kappa shape index (κ1) is 9.86. The number of hydrogen-bond donors (Lipinski definition) is 1. The Morgan fingerprint density at radius 1 is 1.27 bits per heavy atom. The van der Waals surface area contributed by atoms with Gasteiger partial charge in [-0.1, -0.05) is 35.5 Å². The zero-order valence-electron chi connectivity index (χ0n) is 8.68. The first-order valence-corrected chi connectivity index (χ1v) is 5.10. The van der Waals surface area contributed by atoms with Gasteiger partial charge in [-0.2, -0.15) is 4.98 Å². The molecule has 2 rings (SSSR count). The lowest BCUT2D eigenvalue weighted by atomic mass is 10.2. The van der Waals surface area contributed by atoms with Crippen molar-refractivity contribution in [3.05, 3.63) is 36.2 Å². The van der Waals surface area contributed by atoms with E-state index in [2.05, 4.69) is 22.4 Å². The van der Waals surface area contributed by atoms with E-state index in [1.807, 2.05) is 30.3 Å². The number of quaternary nitrogens is 1. The van der Waals surface area contributed by atoms with Crippen LogP contribution in [0.4, 0.5) is 0 Å². The van der Waals surface area contributed by atoms with Gasteiger partial charge in [0.2, 0.25) is 5.82 Å². The highest BCUT2D eigenvalue weighted by Gasteiger charge is 2.08. The van der Waals surface area contributed by atoms with E-state index in [1.165, 1.54) is 0 Å². The summed E-state index contributed by atoms with van der Waals surface area (Å²) in [6.07, 6.45) is 0. The summed E-state index contributed by atoms with van der Waals surface area (Å²) in [5, 5.41) is 6.05. The maximum absolute atomic E-state index is 5.13. The van der Waals surface area contributed by atoms with Crippen LogP contribution in [0, 0.1) is 0 Å². The number of benzene rings is 1. The van der Waals surface area contributed by atoms with Crippen molar-refractivity contribution >= 4 is 0 Å². The largest absolute Gasteiger partial charge is 0.339 e. The summed E-state index contributed by atoms with van der Waals surface area (Å²) in [4.78, 5) is 4.31. The molecule has 4 heteroatoms. The monoisotopic (exact) mass is 204 g/mol. The molecule has 2 aromatic rings. The summed E-state index contributed by atoms with van der Waals surface area (Å²) < 4.78 is 5.13. The molecule has 0 aliphatic rings. The van der Waals surface area contributed by atoms with Crippen molar-refractivity contribution in [2.75, 3.05) is 6.54 Å². The van der Waals surface area contributed by atoms with Crippen molar-refractivity contribution < 1.29 is 9.84 Å². The maximum Gasteiger partial charge on any atom is 0.282 e.